The summed E-state index contributed by atoms with van der Waals surface area (Å²) in [4.78, 5) is 25.0. The summed E-state index contributed by atoms with van der Waals surface area (Å²) in [6.07, 6.45) is 0.741. The van der Waals surface area contributed by atoms with Crippen molar-refractivity contribution in [2.75, 3.05) is 13.2 Å². The Morgan fingerprint density at radius 1 is 1.23 bits per heavy atom. The molecule has 31 heavy (non-hydrogen) atoms. The molecule has 2 aromatic carbocycles. The molecule has 0 spiro atoms. The minimum Gasteiger partial charge on any atom is -0.489 e. The Labute approximate surface area is 182 Å². The van der Waals surface area contributed by atoms with Gasteiger partial charge in [-0.05, 0) is 36.8 Å². The van der Waals surface area contributed by atoms with E-state index in [-0.39, 0.29) is 17.9 Å². The van der Waals surface area contributed by atoms with Gasteiger partial charge in [-0.2, -0.15) is 5.10 Å². The standard InChI is InChI=1S/C22H19ClFN3O4/c1-13-9-18(28)20(26-27(13)17-6-3-2-5-16(17)24)22(29)25-12-14-10-15(23)21-19(11-14)30-7-4-8-31-21/h2-3,5-6,9-11H,4,7-8,12H2,1H3,(H,25,29). The van der Waals surface area contributed by atoms with Crippen molar-refractivity contribution in [1.82, 2.24) is 15.1 Å². The van der Waals surface area contributed by atoms with Gasteiger partial charge in [0, 0.05) is 24.7 Å². The highest BCUT2D eigenvalue weighted by Gasteiger charge is 2.19. The smallest absolute Gasteiger partial charge is 0.276 e. The van der Waals surface area contributed by atoms with E-state index in [4.69, 9.17) is 21.1 Å². The van der Waals surface area contributed by atoms with Crippen molar-refractivity contribution in [2.45, 2.75) is 19.9 Å². The van der Waals surface area contributed by atoms with Gasteiger partial charge in [-0.3, -0.25) is 9.59 Å². The van der Waals surface area contributed by atoms with Gasteiger partial charge in [-0.25, -0.2) is 9.07 Å². The van der Waals surface area contributed by atoms with E-state index in [0.717, 1.165) is 6.42 Å². The van der Waals surface area contributed by atoms with Crippen molar-refractivity contribution in [3.8, 4) is 17.2 Å². The number of rotatable bonds is 4. The number of nitrogens with zero attached hydrogens (tertiary/aromatic N) is 2. The summed E-state index contributed by atoms with van der Waals surface area (Å²) in [5.41, 5.74) is 0.322. The van der Waals surface area contributed by atoms with E-state index >= 15 is 0 Å². The number of benzene rings is 2. The van der Waals surface area contributed by atoms with Crippen molar-refractivity contribution in [1.29, 1.82) is 0 Å². The van der Waals surface area contributed by atoms with Gasteiger partial charge in [0.05, 0.1) is 18.2 Å². The van der Waals surface area contributed by atoms with Crippen LogP contribution in [0.15, 0.2) is 47.3 Å². The van der Waals surface area contributed by atoms with E-state index in [1.807, 2.05) is 0 Å². The van der Waals surface area contributed by atoms with E-state index in [1.54, 1.807) is 31.2 Å². The molecule has 4 rings (SSSR count). The van der Waals surface area contributed by atoms with Crippen molar-refractivity contribution < 1.29 is 18.7 Å². The van der Waals surface area contributed by atoms with Crippen LogP contribution in [0.4, 0.5) is 4.39 Å². The lowest BCUT2D eigenvalue weighted by Crippen LogP contribution is -2.31. The van der Waals surface area contributed by atoms with E-state index < -0.39 is 17.2 Å². The second-order valence-corrected chi connectivity index (χ2v) is 7.41. The first-order valence-electron chi connectivity index (χ1n) is 9.66. The van der Waals surface area contributed by atoms with Crippen LogP contribution in [0.25, 0.3) is 5.69 Å². The molecular formula is C22H19ClFN3O4. The van der Waals surface area contributed by atoms with Gasteiger partial charge in [-0.15, -0.1) is 0 Å². The number of para-hydroxylation sites is 1. The maximum absolute atomic E-state index is 14.2. The summed E-state index contributed by atoms with van der Waals surface area (Å²) in [5.74, 6) is -0.222. The van der Waals surface area contributed by atoms with Gasteiger partial charge >= 0.3 is 0 Å². The fourth-order valence-electron chi connectivity index (χ4n) is 3.22. The zero-order chi connectivity index (χ0) is 22.0. The van der Waals surface area contributed by atoms with Crippen molar-refractivity contribution in [3.63, 3.8) is 0 Å². The van der Waals surface area contributed by atoms with Crippen molar-refractivity contribution in [3.05, 3.63) is 80.5 Å². The van der Waals surface area contributed by atoms with Crippen molar-refractivity contribution in [2.24, 2.45) is 0 Å². The Hall–Kier alpha value is -3.39. The lowest BCUT2D eigenvalue weighted by molar-refractivity contribution is 0.0943. The summed E-state index contributed by atoms with van der Waals surface area (Å²) >= 11 is 6.28. The van der Waals surface area contributed by atoms with Crippen LogP contribution in [0.1, 0.15) is 28.2 Å². The summed E-state index contributed by atoms with van der Waals surface area (Å²) in [6.45, 7) is 2.71. The number of nitrogens with one attached hydrogen (secondary N) is 1. The summed E-state index contributed by atoms with van der Waals surface area (Å²) < 4.78 is 26.7. The molecule has 0 saturated carbocycles. The van der Waals surface area contributed by atoms with E-state index in [1.165, 1.54) is 22.9 Å². The number of carbonyl (C=O) groups excluding carboxylic acids is 1. The van der Waals surface area contributed by atoms with Crippen molar-refractivity contribution >= 4 is 17.5 Å². The molecule has 0 aliphatic carbocycles. The number of aromatic nitrogens is 2. The van der Waals surface area contributed by atoms with Gasteiger partial charge in [-0.1, -0.05) is 23.7 Å². The molecule has 0 atom stereocenters. The van der Waals surface area contributed by atoms with E-state index in [0.29, 0.717) is 41.0 Å². The second-order valence-electron chi connectivity index (χ2n) is 7.00. The SMILES string of the molecule is Cc1cc(=O)c(C(=O)NCc2cc(Cl)c3c(c2)OCCCO3)nn1-c1ccccc1F. The van der Waals surface area contributed by atoms with Crippen LogP contribution < -0.4 is 20.2 Å². The molecule has 0 fully saturated rings. The first-order valence-corrected chi connectivity index (χ1v) is 10.0. The molecule has 0 saturated heterocycles. The van der Waals surface area contributed by atoms with Gasteiger partial charge in [0.25, 0.3) is 5.91 Å². The number of amides is 1. The third-order valence-electron chi connectivity index (χ3n) is 4.72. The lowest BCUT2D eigenvalue weighted by Gasteiger charge is -2.13. The number of hydrogen-bond donors (Lipinski definition) is 1. The highest BCUT2D eigenvalue weighted by atomic mass is 35.5. The molecule has 7 nitrogen and oxygen atoms in total. The number of carbonyl (C=O) groups is 1. The Kier molecular flexibility index (Phi) is 5.90. The number of halogens is 2. The van der Waals surface area contributed by atoms with Gasteiger partial charge in [0.15, 0.2) is 17.2 Å². The maximum Gasteiger partial charge on any atom is 0.276 e. The highest BCUT2D eigenvalue weighted by Crippen LogP contribution is 2.37. The number of aryl methyl sites for hydroxylation is 1. The predicted molar refractivity (Wildman–Crippen MR) is 113 cm³/mol. The normalized spacial score (nSPS) is 12.9. The van der Waals surface area contributed by atoms with E-state index in [9.17, 15) is 14.0 Å². The molecule has 1 aliphatic rings. The molecule has 1 N–H and O–H groups in total. The van der Waals surface area contributed by atoms with Crippen LogP contribution in [-0.4, -0.2) is 28.9 Å². The molecule has 1 aliphatic heterocycles. The Morgan fingerprint density at radius 3 is 2.81 bits per heavy atom. The molecule has 3 aromatic rings. The van der Waals surface area contributed by atoms with Gasteiger partial charge in [0.2, 0.25) is 5.43 Å². The lowest BCUT2D eigenvalue weighted by atomic mass is 10.2. The fraction of sp³-hybridized carbons (Fsp3) is 0.227. The van der Waals surface area contributed by atoms with Gasteiger partial charge in [0.1, 0.15) is 11.5 Å². The summed E-state index contributed by atoms with van der Waals surface area (Å²) in [6, 6.07) is 10.6. The quantitative estimate of drug-likeness (QED) is 0.668. The van der Waals surface area contributed by atoms with Crippen LogP contribution >= 0.6 is 11.6 Å². The van der Waals surface area contributed by atoms with Crippen LogP contribution in [0.3, 0.4) is 0 Å². The third kappa shape index (κ3) is 4.39. The molecule has 0 unspecified atom stereocenters. The average molecular weight is 444 g/mol. The van der Waals surface area contributed by atoms with Gasteiger partial charge < -0.3 is 14.8 Å². The zero-order valence-corrected chi connectivity index (χ0v) is 17.4. The third-order valence-corrected chi connectivity index (χ3v) is 5.00. The second kappa shape index (κ2) is 8.77. The topological polar surface area (TPSA) is 82.5 Å². The molecule has 0 radical (unpaired) electrons. The number of fused-ring (bicyclic) bond motifs is 1. The first kappa shape index (κ1) is 20.9. The Morgan fingerprint density at radius 2 is 2.00 bits per heavy atom. The first-order chi connectivity index (χ1) is 14.9. The minimum absolute atomic E-state index is 0.0872. The molecule has 2 heterocycles. The van der Waals surface area contributed by atoms with Crippen LogP contribution in [0.5, 0.6) is 11.5 Å². The van der Waals surface area contributed by atoms with Crippen LogP contribution in [0.2, 0.25) is 5.02 Å². The monoisotopic (exact) mass is 443 g/mol. The van der Waals surface area contributed by atoms with Crippen LogP contribution in [0, 0.1) is 12.7 Å². The molecule has 1 amide bonds. The maximum atomic E-state index is 14.2. The molecular weight excluding hydrogens is 425 g/mol. The Balaban J connectivity index is 1.58. The fourth-order valence-corrected chi connectivity index (χ4v) is 3.51. The molecule has 160 valence electrons. The highest BCUT2D eigenvalue weighted by molar-refractivity contribution is 6.32. The largest absolute Gasteiger partial charge is 0.489 e. The number of ether oxygens (including phenoxy) is 2. The molecule has 1 aromatic heterocycles. The minimum atomic E-state index is -0.682. The predicted octanol–water partition coefficient (Wildman–Crippen LogP) is 3.42. The summed E-state index contributed by atoms with van der Waals surface area (Å²) in [7, 11) is 0. The van der Waals surface area contributed by atoms with E-state index in [2.05, 4.69) is 10.4 Å². The average Bonchev–Trinajstić information content (AvgIpc) is 2.99. The molecule has 9 heteroatoms. The summed E-state index contributed by atoms with van der Waals surface area (Å²) in [5, 5.41) is 7.13. The zero-order valence-electron chi connectivity index (χ0n) is 16.7. The number of hydrogen-bond acceptors (Lipinski definition) is 5. The molecule has 0 bridgehead atoms. The van der Waals surface area contributed by atoms with Crippen LogP contribution in [-0.2, 0) is 6.54 Å². The Bertz CT molecular complexity index is 1210.